The van der Waals surface area contributed by atoms with Crippen LogP contribution in [0, 0.1) is 0 Å². The molecule has 0 fully saturated rings. The van der Waals surface area contributed by atoms with Crippen molar-refractivity contribution < 1.29 is 13.5 Å². The molecule has 0 bridgehead atoms. The summed E-state index contributed by atoms with van der Waals surface area (Å²) >= 11 is 0. The number of aliphatic hydroxyl groups excluding tert-OH is 1. The zero-order valence-corrected chi connectivity index (χ0v) is 12.2. The summed E-state index contributed by atoms with van der Waals surface area (Å²) in [7, 11) is -1.08. The maximum Gasteiger partial charge on any atom is 0.148 e. The predicted molar refractivity (Wildman–Crippen MR) is 75.9 cm³/mol. The maximum absolute atomic E-state index is 11.2. The van der Waals surface area contributed by atoms with Gasteiger partial charge < -0.3 is 5.11 Å². The van der Waals surface area contributed by atoms with E-state index in [1.807, 2.05) is 36.2 Å². The molecular formula is C14H21NO3S. The summed E-state index contributed by atoms with van der Waals surface area (Å²) in [6, 6.07) is 7.92. The fraction of sp³-hybridized carbons (Fsp3) is 0.571. The lowest BCUT2D eigenvalue weighted by atomic mass is 9.85. The molecule has 19 heavy (non-hydrogen) atoms. The molecule has 1 N–H and O–H groups in total. The van der Waals surface area contributed by atoms with E-state index in [9.17, 15) is 13.5 Å². The third kappa shape index (κ3) is 3.55. The quantitative estimate of drug-likeness (QED) is 0.896. The van der Waals surface area contributed by atoms with Gasteiger partial charge in [0, 0.05) is 18.8 Å². The minimum atomic E-state index is -2.96. The van der Waals surface area contributed by atoms with Crippen molar-refractivity contribution in [3.8, 4) is 0 Å². The molecule has 0 saturated heterocycles. The fourth-order valence-corrected chi connectivity index (χ4v) is 3.28. The summed E-state index contributed by atoms with van der Waals surface area (Å²) in [4.78, 5) is 1.96. The Labute approximate surface area is 115 Å². The SMILES string of the molecule is CN(CCS(C)(=O)=O)C1CCc2ccccc2C1O. The first-order valence-electron chi connectivity index (χ1n) is 6.52. The molecule has 1 aromatic carbocycles. The molecule has 0 aromatic heterocycles. The molecule has 0 aliphatic heterocycles. The van der Waals surface area contributed by atoms with Gasteiger partial charge in [-0.3, -0.25) is 4.90 Å². The van der Waals surface area contributed by atoms with Crippen molar-refractivity contribution in [2.45, 2.75) is 25.0 Å². The molecule has 1 aliphatic carbocycles. The van der Waals surface area contributed by atoms with E-state index in [1.165, 1.54) is 11.8 Å². The Morgan fingerprint density at radius 1 is 1.37 bits per heavy atom. The van der Waals surface area contributed by atoms with Gasteiger partial charge in [0.1, 0.15) is 9.84 Å². The second kappa shape index (κ2) is 5.61. The summed E-state index contributed by atoms with van der Waals surface area (Å²) in [6.07, 6.45) is 2.50. The Hall–Kier alpha value is -0.910. The van der Waals surface area contributed by atoms with Crippen molar-refractivity contribution in [2.75, 3.05) is 25.6 Å². The van der Waals surface area contributed by atoms with Crippen molar-refractivity contribution in [3.05, 3.63) is 35.4 Å². The van der Waals surface area contributed by atoms with Crippen LogP contribution in [0.5, 0.6) is 0 Å². The molecule has 1 aliphatic rings. The van der Waals surface area contributed by atoms with E-state index in [-0.39, 0.29) is 11.8 Å². The third-order valence-electron chi connectivity index (χ3n) is 3.83. The van der Waals surface area contributed by atoms with E-state index >= 15 is 0 Å². The van der Waals surface area contributed by atoms with Gasteiger partial charge >= 0.3 is 0 Å². The van der Waals surface area contributed by atoms with Gasteiger partial charge in [-0.05, 0) is 31.0 Å². The smallest absolute Gasteiger partial charge is 0.148 e. The topological polar surface area (TPSA) is 57.6 Å². The van der Waals surface area contributed by atoms with Crippen LogP contribution in [0.15, 0.2) is 24.3 Å². The lowest BCUT2D eigenvalue weighted by Gasteiger charge is -2.36. The number of benzene rings is 1. The Balaban J connectivity index is 2.07. The minimum absolute atomic E-state index is 0.00310. The van der Waals surface area contributed by atoms with E-state index in [4.69, 9.17) is 0 Å². The molecule has 2 rings (SSSR count). The van der Waals surface area contributed by atoms with Crippen LogP contribution in [-0.4, -0.2) is 50.1 Å². The first kappa shape index (κ1) is 14.5. The minimum Gasteiger partial charge on any atom is -0.387 e. The molecule has 106 valence electrons. The van der Waals surface area contributed by atoms with Crippen LogP contribution >= 0.6 is 0 Å². The van der Waals surface area contributed by atoms with Crippen LogP contribution in [-0.2, 0) is 16.3 Å². The molecule has 0 heterocycles. The Bertz CT molecular complexity index is 541. The second-order valence-electron chi connectivity index (χ2n) is 5.36. The van der Waals surface area contributed by atoms with Crippen molar-refractivity contribution in [1.29, 1.82) is 0 Å². The lowest BCUT2D eigenvalue weighted by molar-refractivity contribution is 0.0530. The number of nitrogens with zero attached hydrogens (tertiary/aromatic N) is 1. The standard InChI is InChI=1S/C14H21NO3S/c1-15(9-10-19(2,17)18)13-8-7-11-5-3-4-6-12(11)14(13)16/h3-6,13-14,16H,7-10H2,1-2H3. The first-order chi connectivity index (χ1) is 8.88. The largest absolute Gasteiger partial charge is 0.387 e. The number of rotatable bonds is 4. The highest BCUT2D eigenvalue weighted by Crippen LogP contribution is 2.32. The lowest BCUT2D eigenvalue weighted by Crippen LogP contribution is -2.41. The number of sulfone groups is 1. The molecule has 2 atom stereocenters. The maximum atomic E-state index is 11.2. The Kier molecular flexibility index (Phi) is 4.28. The molecule has 2 unspecified atom stereocenters. The highest BCUT2D eigenvalue weighted by Gasteiger charge is 2.30. The number of aliphatic hydroxyl groups is 1. The van der Waals surface area contributed by atoms with Gasteiger partial charge in [0.05, 0.1) is 11.9 Å². The number of hydrogen-bond donors (Lipinski definition) is 1. The zero-order chi connectivity index (χ0) is 14.0. The molecule has 0 saturated carbocycles. The van der Waals surface area contributed by atoms with Gasteiger partial charge in [0.25, 0.3) is 0 Å². The van der Waals surface area contributed by atoms with Gasteiger partial charge in [-0.15, -0.1) is 0 Å². The summed E-state index contributed by atoms with van der Waals surface area (Å²) in [5, 5.41) is 10.4. The van der Waals surface area contributed by atoms with Gasteiger partial charge in [0.15, 0.2) is 0 Å². The summed E-state index contributed by atoms with van der Waals surface area (Å²) in [6.45, 7) is 0.461. The van der Waals surface area contributed by atoms with Crippen molar-refractivity contribution >= 4 is 9.84 Å². The summed E-state index contributed by atoms with van der Waals surface area (Å²) < 4.78 is 22.4. The zero-order valence-electron chi connectivity index (χ0n) is 11.4. The van der Waals surface area contributed by atoms with E-state index in [2.05, 4.69) is 0 Å². The van der Waals surface area contributed by atoms with Gasteiger partial charge in [-0.1, -0.05) is 24.3 Å². The molecular weight excluding hydrogens is 262 g/mol. The normalized spacial score (nSPS) is 23.4. The highest BCUT2D eigenvalue weighted by molar-refractivity contribution is 7.90. The molecule has 1 aromatic rings. The number of hydrogen-bond acceptors (Lipinski definition) is 4. The van der Waals surface area contributed by atoms with Crippen molar-refractivity contribution in [2.24, 2.45) is 0 Å². The van der Waals surface area contributed by atoms with E-state index in [0.29, 0.717) is 6.54 Å². The van der Waals surface area contributed by atoms with E-state index < -0.39 is 15.9 Å². The summed E-state index contributed by atoms with van der Waals surface area (Å²) in [5.74, 6) is 0.133. The number of fused-ring (bicyclic) bond motifs is 1. The molecule has 0 amide bonds. The predicted octanol–water partition coefficient (Wildman–Crippen LogP) is 1.01. The van der Waals surface area contributed by atoms with Gasteiger partial charge in [0.2, 0.25) is 0 Å². The van der Waals surface area contributed by atoms with Gasteiger partial charge in [-0.25, -0.2) is 8.42 Å². The molecule has 0 radical (unpaired) electrons. The van der Waals surface area contributed by atoms with Crippen LogP contribution in [0.4, 0.5) is 0 Å². The van der Waals surface area contributed by atoms with Crippen molar-refractivity contribution in [1.82, 2.24) is 4.90 Å². The Morgan fingerprint density at radius 3 is 2.74 bits per heavy atom. The van der Waals surface area contributed by atoms with Crippen LogP contribution < -0.4 is 0 Å². The van der Waals surface area contributed by atoms with Crippen LogP contribution in [0.2, 0.25) is 0 Å². The van der Waals surface area contributed by atoms with Crippen LogP contribution in [0.1, 0.15) is 23.7 Å². The molecule has 4 nitrogen and oxygen atoms in total. The van der Waals surface area contributed by atoms with Crippen LogP contribution in [0.3, 0.4) is 0 Å². The third-order valence-corrected chi connectivity index (χ3v) is 4.75. The second-order valence-corrected chi connectivity index (χ2v) is 7.62. The Morgan fingerprint density at radius 2 is 2.05 bits per heavy atom. The monoisotopic (exact) mass is 283 g/mol. The number of aryl methyl sites for hydroxylation is 1. The van der Waals surface area contributed by atoms with Crippen LogP contribution in [0.25, 0.3) is 0 Å². The molecule has 5 heteroatoms. The van der Waals surface area contributed by atoms with Crippen molar-refractivity contribution in [3.63, 3.8) is 0 Å². The van der Waals surface area contributed by atoms with E-state index in [0.717, 1.165) is 18.4 Å². The highest BCUT2D eigenvalue weighted by atomic mass is 32.2. The average molecular weight is 283 g/mol. The summed E-state index contributed by atoms with van der Waals surface area (Å²) in [5.41, 5.74) is 2.17. The van der Waals surface area contributed by atoms with E-state index in [1.54, 1.807) is 0 Å². The molecule has 0 spiro atoms. The fourth-order valence-electron chi connectivity index (χ4n) is 2.66. The number of likely N-dealkylation sites (N-methyl/N-ethyl adjacent to an activating group) is 1. The van der Waals surface area contributed by atoms with Gasteiger partial charge in [-0.2, -0.15) is 0 Å². The first-order valence-corrected chi connectivity index (χ1v) is 8.58. The average Bonchev–Trinajstić information content (AvgIpc) is 2.36.